The summed E-state index contributed by atoms with van der Waals surface area (Å²) in [6.45, 7) is 4.06. The maximum absolute atomic E-state index is 14.1. The zero-order valence-corrected chi connectivity index (χ0v) is 34.8. The molecule has 0 bridgehead atoms. The summed E-state index contributed by atoms with van der Waals surface area (Å²) in [4.78, 5) is 62.1. The van der Waals surface area contributed by atoms with Gasteiger partial charge in [0, 0.05) is 19.6 Å². The molecule has 0 unspecified atom stereocenters. The van der Waals surface area contributed by atoms with E-state index in [4.69, 9.17) is 0 Å². The van der Waals surface area contributed by atoms with Crippen molar-refractivity contribution in [2.75, 3.05) is 34.8 Å². The number of amides is 4. The van der Waals surface area contributed by atoms with Gasteiger partial charge in [-0.3, -0.25) is 19.2 Å². The number of benzene rings is 6. The summed E-state index contributed by atoms with van der Waals surface area (Å²) < 4.78 is 0. The van der Waals surface area contributed by atoms with Gasteiger partial charge in [0.15, 0.2) is 0 Å². The molecule has 0 spiro atoms. The summed E-state index contributed by atoms with van der Waals surface area (Å²) in [7, 11) is 0. The summed E-state index contributed by atoms with van der Waals surface area (Å²) in [5, 5.41) is 0. The van der Waals surface area contributed by atoms with Crippen LogP contribution in [0.4, 0.5) is 11.4 Å². The molecule has 0 aliphatic carbocycles. The van der Waals surface area contributed by atoms with Gasteiger partial charge >= 0.3 is 0 Å². The third-order valence-electron chi connectivity index (χ3n) is 10.3. The Kier molecular flexibility index (Phi) is 10.3. The maximum atomic E-state index is 14.1. The summed E-state index contributed by atoms with van der Waals surface area (Å²) in [5.41, 5.74) is 10.5. The van der Waals surface area contributed by atoms with E-state index in [1.165, 1.54) is 33.3 Å². The van der Waals surface area contributed by atoms with Crippen molar-refractivity contribution >= 4 is 82.1 Å². The lowest BCUT2D eigenvalue weighted by molar-refractivity contribution is 0.0909. The first-order valence-electron chi connectivity index (χ1n) is 17.8. The van der Waals surface area contributed by atoms with Crippen LogP contribution in [-0.2, 0) is 0 Å². The lowest BCUT2D eigenvalue weighted by atomic mass is 9.99. The van der Waals surface area contributed by atoms with Crippen molar-refractivity contribution in [3.63, 3.8) is 0 Å². The molecular weight excluding hydrogens is 773 g/mol. The molecule has 0 N–H and O–H groups in total. The SMILES string of the molecule is CSc1c(-c2ccc(N3C(=O)c4ccc(-c5ccc(C)cc5)cc4C3=O)c(SC)c2SC)ccc(N2C(=O)c3ccc(-c4ccc(C)cc4)cc3C2=O)c1SC. The van der Waals surface area contributed by atoms with Crippen LogP contribution in [0, 0.1) is 13.8 Å². The van der Waals surface area contributed by atoms with Crippen molar-refractivity contribution in [2.24, 2.45) is 0 Å². The molecule has 278 valence electrons. The zero-order valence-electron chi connectivity index (χ0n) is 31.6. The van der Waals surface area contributed by atoms with Crippen LogP contribution in [0.15, 0.2) is 129 Å². The minimum Gasteiger partial charge on any atom is -0.268 e. The molecule has 4 amide bonds. The van der Waals surface area contributed by atoms with E-state index in [9.17, 15) is 19.2 Å². The van der Waals surface area contributed by atoms with E-state index in [1.807, 2.05) is 136 Å². The number of carbonyl (C=O) groups is 4. The highest BCUT2D eigenvalue weighted by Crippen LogP contribution is 2.50. The van der Waals surface area contributed by atoms with Gasteiger partial charge in [-0.1, -0.05) is 83.9 Å². The Balaban J connectivity index is 1.16. The predicted molar refractivity (Wildman–Crippen MR) is 235 cm³/mol. The van der Waals surface area contributed by atoms with Crippen molar-refractivity contribution in [3.05, 3.63) is 143 Å². The molecule has 2 aliphatic rings. The number of nitrogens with zero attached hydrogens (tertiary/aromatic N) is 2. The molecule has 6 aromatic rings. The standard InChI is InChI=1S/C46H36N2O4S4/c1-25-7-11-27(12-8-25)29-15-17-33-35(23-29)45(51)47(43(33)49)37-21-19-31(39(53-3)41(37)55-5)32-20-22-38(42(56-6)40(32)54-4)48-44(50)34-18-16-30(24-36(34)46(48)52)28-13-9-26(2)10-14-28/h7-24H,1-6H3. The minimum absolute atomic E-state index is 0.346. The molecule has 10 heteroatoms. The Bertz CT molecular complexity index is 2450. The van der Waals surface area contributed by atoms with Gasteiger partial charge in [-0.05, 0) is 109 Å². The Morgan fingerprint density at radius 2 is 0.643 bits per heavy atom. The second-order valence-corrected chi connectivity index (χ2v) is 16.8. The molecule has 6 nitrogen and oxygen atoms in total. The quantitative estimate of drug-likeness (QED) is 0.106. The van der Waals surface area contributed by atoms with E-state index in [1.54, 1.807) is 35.7 Å². The largest absolute Gasteiger partial charge is 0.268 e. The Morgan fingerprint density at radius 1 is 0.339 bits per heavy atom. The summed E-state index contributed by atoms with van der Waals surface area (Å²) in [6, 6.07) is 34.8. The first kappa shape index (κ1) is 37.9. The monoisotopic (exact) mass is 808 g/mol. The first-order valence-corrected chi connectivity index (χ1v) is 22.7. The summed E-state index contributed by atoms with van der Waals surface area (Å²) in [5.74, 6) is -1.39. The molecule has 0 saturated heterocycles. The molecular formula is C46H36N2O4S4. The van der Waals surface area contributed by atoms with E-state index in [2.05, 4.69) is 0 Å². The van der Waals surface area contributed by atoms with Gasteiger partial charge in [0.05, 0.1) is 33.6 Å². The van der Waals surface area contributed by atoms with Gasteiger partial charge in [-0.2, -0.15) is 0 Å². The molecule has 2 aliphatic heterocycles. The van der Waals surface area contributed by atoms with E-state index >= 15 is 0 Å². The van der Waals surface area contributed by atoms with Gasteiger partial charge in [-0.15, -0.1) is 47.0 Å². The topological polar surface area (TPSA) is 74.8 Å². The molecule has 0 atom stereocenters. The molecule has 2 heterocycles. The molecule has 0 saturated carbocycles. The van der Waals surface area contributed by atoms with Crippen LogP contribution in [0.3, 0.4) is 0 Å². The van der Waals surface area contributed by atoms with Crippen LogP contribution in [0.25, 0.3) is 33.4 Å². The highest BCUT2D eigenvalue weighted by molar-refractivity contribution is 8.02. The third-order valence-corrected chi connectivity index (χ3v) is 13.9. The number of aryl methyl sites for hydroxylation is 2. The average Bonchev–Trinajstić information content (AvgIpc) is 3.62. The normalized spacial score (nSPS) is 13.5. The number of imide groups is 2. The highest BCUT2D eigenvalue weighted by Gasteiger charge is 2.40. The first-order chi connectivity index (χ1) is 27.1. The van der Waals surface area contributed by atoms with Crippen molar-refractivity contribution in [2.45, 2.75) is 33.4 Å². The number of hydrogen-bond acceptors (Lipinski definition) is 8. The van der Waals surface area contributed by atoms with E-state index in [0.29, 0.717) is 33.6 Å². The molecule has 0 fully saturated rings. The van der Waals surface area contributed by atoms with E-state index in [0.717, 1.165) is 64.1 Å². The lowest BCUT2D eigenvalue weighted by Crippen LogP contribution is -2.30. The summed E-state index contributed by atoms with van der Waals surface area (Å²) in [6.07, 6.45) is 7.89. The van der Waals surface area contributed by atoms with Gasteiger partial charge in [0.25, 0.3) is 23.6 Å². The lowest BCUT2D eigenvalue weighted by Gasteiger charge is -2.24. The molecule has 8 rings (SSSR count). The molecule has 0 aromatic heterocycles. The number of hydrogen-bond donors (Lipinski definition) is 0. The summed E-state index contributed by atoms with van der Waals surface area (Å²) >= 11 is 6.08. The second-order valence-electron chi connectivity index (χ2n) is 13.5. The van der Waals surface area contributed by atoms with Crippen LogP contribution in [-0.4, -0.2) is 48.7 Å². The number of rotatable bonds is 9. The van der Waals surface area contributed by atoms with E-state index in [-0.39, 0.29) is 23.6 Å². The number of carbonyl (C=O) groups excluding carboxylic acids is 4. The minimum atomic E-state index is -0.347. The fourth-order valence-corrected chi connectivity index (χ4v) is 11.2. The fourth-order valence-electron chi connectivity index (χ4n) is 7.45. The average molecular weight is 809 g/mol. The van der Waals surface area contributed by atoms with Crippen LogP contribution in [0.1, 0.15) is 52.6 Å². The van der Waals surface area contributed by atoms with Gasteiger partial charge in [-0.25, -0.2) is 9.80 Å². The Hall–Kier alpha value is -5.00. The maximum Gasteiger partial charge on any atom is 0.266 e. The van der Waals surface area contributed by atoms with Crippen molar-refractivity contribution in [1.29, 1.82) is 0 Å². The molecule has 6 aromatic carbocycles. The predicted octanol–water partition coefficient (Wildman–Crippen LogP) is 11.8. The van der Waals surface area contributed by atoms with Gasteiger partial charge in [0.2, 0.25) is 0 Å². The number of thioether (sulfide) groups is 4. The van der Waals surface area contributed by atoms with Crippen LogP contribution in [0.2, 0.25) is 0 Å². The van der Waals surface area contributed by atoms with E-state index < -0.39 is 0 Å². The van der Waals surface area contributed by atoms with Crippen LogP contribution >= 0.6 is 47.0 Å². The molecule has 0 radical (unpaired) electrons. The van der Waals surface area contributed by atoms with Crippen LogP contribution in [0.5, 0.6) is 0 Å². The zero-order chi connectivity index (χ0) is 39.4. The van der Waals surface area contributed by atoms with Crippen molar-refractivity contribution in [1.82, 2.24) is 0 Å². The van der Waals surface area contributed by atoms with Gasteiger partial charge in [0.1, 0.15) is 0 Å². The fraction of sp³-hybridized carbons (Fsp3) is 0.130. The highest BCUT2D eigenvalue weighted by atomic mass is 32.2. The Labute approximate surface area is 343 Å². The second kappa shape index (κ2) is 15.2. The Morgan fingerprint density at radius 3 is 0.982 bits per heavy atom. The smallest absolute Gasteiger partial charge is 0.266 e. The number of fused-ring (bicyclic) bond motifs is 2. The van der Waals surface area contributed by atoms with Crippen molar-refractivity contribution in [3.8, 4) is 33.4 Å². The van der Waals surface area contributed by atoms with Gasteiger partial charge < -0.3 is 0 Å². The third kappa shape index (κ3) is 6.19. The van der Waals surface area contributed by atoms with Crippen molar-refractivity contribution < 1.29 is 19.2 Å². The van der Waals surface area contributed by atoms with Crippen LogP contribution < -0.4 is 9.80 Å². The number of anilines is 2. The molecule has 56 heavy (non-hydrogen) atoms.